The number of ether oxygens (including phenoxy) is 3. The monoisotopic (exact) mass is 1040 g/mol. The van der Waals surface area contributed by atoms with Crippen LogP contribution in [0.3, 0.4) is 0 Å². The minimum absolute atomic E-state index is 0.0364. The van der Waals surface area contributed by atoms with Gasteiger partial charge in [0, 0.05) is 111 Å². The van der Waals surface area contributed by atoms with Gasteiger partial charge in [-0.2, -0.15) is 8.42 Å². The van der Waals surface area contributed by atoms with Crippen molar-refractivity contribution in [3.05, 3.63) is 143 Å². The molecule has 18 nitrogen and oxygen atoms in total. The van der Waals surface area contributed by atoms with Gasteiger partial charge in [0.15, 0.2) is 11.5 Å². The van der Waals surface area contributed by atoms with Gasteiger partial charge in [0.1, 0.15) is 18.0 Å². The number of aromatic nitrogens is 5. The number of rotatable bonds is 15. The summed E-state index contributed by atoms with van der Waals surface area (Å²) in [6.45, 7) is 12.2. The Morgan fingerprint density at radius 1 is 0.863 bits per heavy atom. The van der Waals surface area contributed by atoms with E-state index in [1.54, 1.807) is 31.8 Å². The van der Waals surface area contributed by atoms with Gasteiger partial charge in [-0.1, -0.05) is 29.8 Å². The van der Waals surface area contributed by atoms with E-state index in [4.69, 9.17) is 30.4 Å². The summed E-state index contributed by atoms with van der Waals surface area (Å²) in [4.78, 5) is 41.9. The van der Waals surface area contributed by atoms with Crippen LogP contribution in [0.15, 0.2) is 116 Å². The zero-order valence-corrected chi connectivity index (χ0v) is 42.7. The first kappa shape index (κ1) is 53.9. The van der Waals surface area contributed by atoms with Crippen molar-refractivity contribution in [2.75, 3.05) is 102 Å². The van der Waals surface area contributed by atoms with Crippen molar-refractivity contribution in [3.8, 4) is 22.8 Å². The number of pyridine rings is 1. The molecular formula is C52H59ClFN11O7S. The lowest BCUT2D eigenvalue weighted by atomic mass is 10.1. The number of aryl methyl sites for hydroxylation is 1. The molecule has 0 bridgehead atoms. The Morgan fingerprint density at radius 2 is 1.62 bits per heavy atom. The number of methoxy groups -OCH3 is 1. The summed E-state index contributed by atoms with van der Waals surface area (Å²) < 4.78 is 56.2. The molecule has 384 valence electrons. The fourth-order valence-corrected chi connectivity index (χ4v) is 7.90. The second kappa shape index (κ2) is 26.2. The molecule has 5 heterocycles. The highest BCUT2D eigenvalue weighted by atomic mass is 35.5. The maximum Gasteiger partial charge on any atom is 0.261 e. The number of likely N-dealkylation sites (N-methyl/N-ethyl adjacent to an activating group) is 1. The lowest BCUT2D eigenvalue weighted by Gasteiger charge is -2.32. The fraction of sp³-hybridized carbons (Fsp3) is 0.308. The molecule has 0 unspecified atom stereocenters. The molecule has 9 rings (SSSR count). The number of benzene rings is 4. The number of fused-ring (bicyclic) bond motifs is 1. The first-order valence-corrected chi connectivity index (χ1v) is 25.7. The van der Waals surface area contributed by atoms with E-state index < -0.39 is 15.9 Å². The van der Waals surface area contributed by atoms with E-state index in [0.717, 1.165) is 99.9 Å². The Hall–Kier alpha value is -6.91. The Morgan fingerprint density at radius 3 is 2.33 bits per heavy atom. The Bertz CT molecular complexity index is 3030. The van der Waals surface area contributed by atoms with E-state index in [-0.39, 0.29) is 10.9 Å². The van der Waals surface area contributed by atoms with Crippen molar-refractivity contribution in [1.82, 2.24) is 39.6 Å². The molecule has 2 aliphatic rings. The highest BCUT2D eigenvalue weighted by Crippen LogP contribution is 2.35. The van der Waals surface area contributed by atoms with E-state index >= 15 is 0 Å². The minimum atomic E-state index is -3.67. The number of halogens is 2. The van der Waals surface area contributed by atoms with Crippen LogP contribution in [-0.2, 0) is 21.4 Å². The van der Waals surface area contributed by atoms with Crippen molar-refractivity contribution >= 4 is 67.4 Å². The normalized spacial score (nSPS) is 14.2. The van der Waals surface area contributed by atoms with Crippen molar-refractivity contribution in [2.45, 2.75) is 19.9 Å². The number of nitrogens with zero attached hydrogens (tertiary/aromatic N) is 8. The van der Waals surface area contributed by atoms with Gasteiger partial charge < -0.3 is 35.1 Å². The van der Waals surface area contributed by atoms with Crippen molar-refractivity contribution < 1.29 is 36.4 Å². The van der Waals surface area contributed by atoms with Crippen LogP contribution in [0.2, 0.25) is 5.02 Å². The molecule has 3 aromatic heterocycles. The third-order valence-electron chi connectivity index (χ3n) is 11.7. The van der Waals surface area contributed by atoms with Crippen molar-refractivity contribution in [1.29, 1.82) is 0 Å². The predicted octanol–water partition coefficient (Wildman–Crippen LogP) is 8.37. The van der Waals surface area contributed by atoms with Gasteiger partial charge in [0.2, 0.25) is 5.95 Å². The molecule has 21 heteroatoms. The number of carbonyl (C=O) groups is 1. The predicted molar refractivity (Wildman–Crippen MR) is 283 cm³/mol. The summed E-state index contributed by atoms with van der Waals surface area (Å²) in [5.74, 6) is 1.64. The highest BCUT2D eigenvalue weighted by Gasteiger charge is 2.17. The maximum absolute atomic E-state index is 13.5. The average Bonchev–Trinajstić information content (AvgIpc) is 3.38. The lowest BCUT2D eigenvalue weighted by Crippen LogP contribution is -2.43. The third-order valence-corrected chi connectivity index (χ3v) is 11.9. The third kappa shape index (κ3) is 16.8. The molecule has 4 aromatic carbocycles. The number of hydrogen-bond donors (Lipinski definition) is 4. The summed E-state index contributed by atoms with van der Waals surface area (Å²) in [7, 11) is 0.0928. The quantitative estimate of drug-likeness (QED) is 0.0562. The largest absolute Gasteiger partial charge is 0.493 e. The van der Waals surface area contributed by atoms with Crippen LogP contribution in [0, 0.1) is 12.7 Å². The van der Waals surface area contributed by atoms with Crippen LogP contribution in [0.25, 0.3) is 22.2 Å². The number of morpholine rings is 1. The fourth-order valence-electron chi connectivity index (χ4n) is 7.72. The minimum Gasteiger partial charge on any atom is -0.493 e. The zero-order chi connectivity index (χ0) is 51.7. The molecule has 2 saturated heterocycles. The SMILES string of the molecule is COc1cc2ncnc(Nc3ccc(F)c(Cl)c3)c2cc1OCCCN1CCOCC1.CS(=O)(=O)O.Cc1ccc(NC(=O)c2ccc(CN3CCN(C)CC3)cc2)cc1Nc1nccc(-c2cccnc2)n1. The van der Waals surface area contributed by atoms with Gasteiger partial charge in [-0.3, -0.25) is 24.1 Å². The summed E-state index contributed by atoms with van der Waals surface area (Å²) in [6, 6.07) is 27.4. The molecular weight excluding hydrogens is 977 g/mol. The van der Waals surface area contributed by atoms with Gasteiger partial charge in [-0.25, -0.2) is 24.3 Å². The van der Waals surface area contributed by atoms with E-state index in [2.05, 4.69) is 62.6 Å². The van der Waals surface area contributed by atoms with Crippen LogP contribution in [0.1, 0.15) is 27.9 Å². The van der Waals surface area contributed by atoms with Crippen LogP contribution in [-0.4, -0.2) is 145 Å². The second-order valence-corrected chi connectivity index (χ2v) is 19.2. The molecule has 0 atom stereocenters. The first-order chi connectivity index (χ1) is 35.2. The van der Waals surface area contributed by atoms with Crippen LogP contribution < -0.4 is 25.4 Å². The molecule has 2 fully saturated rings. The van der Waals surface area contributed by atoms with Gasteiger partial charge in [-0.05, 0) is 98.2 Å². The van der Waals surface area contributed by atoms with E-state index in [0.29, 0.717) is 58.6 Å². The number of carbonyl (C=O) groups excluding carboxylic acids is 1. The molecule has 0 radical (unpaired) electrons. The van der Waals surface area contributed by atoms with Gasteiger partial charge in [-0.15, -0.1) is 0 Å². The lowest BCUT2D eigenvalue weighted by molar-refractivity contribution is 0.0357. The smallest absolute Gasteiger partial charge is 0.261 e. The summed E-state index contributed by atoms with van der Waals surface area (Å²) in [5.41, 5.74) is 7.40. The van der Waals surface area contributed by atoms with Gasteiger partial charge >= 0.3 is 0 Å². The zero-order valence-electron chi connectivity index (χ0n) is 41.1. The van der Waals surface area contributed by atoms with Crippen molar-refractivity contribution in [2.24, 2.45) is 0 Å². The van der Waals surface area contributed by atoms with E-state index in [1.807, 2.05) is 79.7 Å². The molecule has 0 saturated carbocycles. The summed E-state index contributed by atoms with van der Waals surface area (Å²) in [5, 5.41) is 10.3. The number of nitrogens with one attached hydrogen (secondary N) is 3. The Labute approximate surface area is 429 Å². The van der Waals surface area contributed by atoms with E-state index in [1.165, 1.54) is 24.0 Å². The topological polar surface area (TPSA) is 209 Å². The number of piperazine rings is 1. The molecule has 73 heavy (non-hydrogen) atoms. The summed E-state index contributed by atoms with van der Waals surface area (Å²) >= 11 is 5.90. The molecule has 0 aliphatic carbocycles. The van der Waals surface area contributed by atoms with Crippen LogP contribution >= 0.6 is 11.6 Å². The highest BCUT2D eigenvalue weighted by molar-refractivity contribution is 7.85. The van der Waals surface area contributed by atoms with Gasteiger partial charge in [0.25, 0.3) is 16.0 Å². The van der Waals surface area contributed by atoms with Crippen LogP contribution in [0.5, 0.6) is 11.5 Å². The van der Waals surface area contributed by atoms with Crippen LogP contribution in [0.4, 0.5) is 33.2 Å². The molecule has 0 spiro atoms. The Balaban J connectivity index is 0.000000198. The first-order valence-electron chi connectivity index (χ1n) is 23.5. The molecule has 7 aromatic rings. The number of hydrogen-bond acceptors (Lipinski definition) is 16. The molecule has 4 N–H and O–H groups in total. The van der Waals surface area contributed by atoms with Gasteiger partial charge in [0.05, 0.1) is 49.4 Å². The van der Waals surface area contributed by atoms with Crippen molar-refractivity contribution in [3.63, 3.8) is 0 Å². The number of anilines is 5. The average molecular weight is 1040 g/mol. The molecule has 2 aliphatic heterocycles. The standard InChI is InChI=1S/C29H31N7O.C22H24ClFN4O3.CH4O3S/c1-21-5-10-25(18-27(21)34-29-31-13-11-26(33-29)24-4-3-12-30-19-24)32-28(37)23-8-6-22(7-9-23)20-36-16-14-35(2)15-17-36;1-29-20-13-19-16(12-21(20)31-8-2-5-28-6-9-30-10-7-28)22(26-14-25-19)27-15-3-4-18(24)17(23)11-15;1-5(2,3)4/h3-13,18-19H,14-17,20H2,1-2H3,(H,32,37)(H,31,33,34);3-4,11-14H,2,5-10H2,1H3,(H,25,26,27);1H3,(H,2,3,4). The summed E-state index contributed by atoms with van der Waals surface area (Å²) in [6.07, 6.45) is 8.28. The molecule has 1 amide bonds. The second-order valence-electron chi connectivity index (χ2n) is 17.3. The van der Waals surface area contributed by atoms with E-state index in [9.17, 15) is 17.6 Å². The number of amides is 1. The maximum atomic E-state index is 13.5. The Kier molecular flexibility index (Phi) is 19.3.